The van der Waals surface area contributed by atoms with E-state index in [2.05, 4.69) is 0 Å². The summed E-state index contributed by atoms with van der Waals surface area (Å²) in [6.07, 6.45) is 1.31. The molecule has 1 heterocycles. The van der Waals surface area contributed by atoms with Crippen molar-refractivity contribution in [3.8, 4) is 0 Å². The molecule has 1 saturated heterocycles. The molecule has 0 amide bonds. The first-order valence-corrected chi connectivity index (χ1v) is 7.46. The summed E-state index contributed by atoms with van der Waals surface area (Å²) >= 11 is 0. The number of epoxide rings is 1. The third kappa shape index (κ3) is 3.28. The molecule has 1 aliphatic rings. The SMILES string of the molecule is CC(c1ccccc1)N(CC1CO1)S(C)(=O)=O. The van der Waals surface area contributed by atoms with Crippen molar-refractivity contribution in [2.45, 2.75) is 19.1 Å². The van der Waals surface area contributed by atoms with Crippen molar-refractivity contribution >= 4 is 10.0 Å². The second-order valence-corrected chi connectivity index (χ2v) is 6.31. The molecule has 2 atom stereocenters. The van der Waals surface area contributed by atoms with Crippen molar-refractivity contribution in [2.75, 3.05) is 19.4 Å². The lowest BCUT2D eigenvalue weighted by Gasteiger charge is -2.26. The molecule has 0 aromatic heterocycles. The summed E-state index contributed by atoms with van der Waals surface area (Å²) in [4.78, 5) is 0. The van der Waals surface area contributed by atoms with Gasteiger partial charge in [0.1, 0.15) is 0 Å². The maximum Gasteiger partial charge on any atom is 0.211 e. The maximum absolute atomic E-state index is 11.8. The minimum atomic E-state index is -3.21. The van der Waals surface area contributed by atoms with Crippen molar-refractivity contribution in [2.24, 2.45) is 0 Å². The molecule has 0 N–H and O–H groups in total. The molecule has 2 rings (SSSR count). The summed E-state index contributed by atoms with van der Waals surface area (Å²) in [5.41, 5.74) is 0.999. The van der Waals surface area contributed by atoms with E-state index in [1.807, 2.05) is 37.3 Å². The van der Waals surface area contributed by atoms with E-state index in [4.69, 9.17) is 4.74 Å². The minimum absolute atomic E-state index is 0.0656. The fourth-order valence-corrected chi connectivity index (χ4v) is 2.99. The van der Waals surface area contributed by atoms with Gasteiger partial charge in [0, 0.05) is 12.6 Å². The predicted molar refractivity (Wildman–Crippen MR) is 66.1 cm³/mol. The van der Waals surface area contributed by atoms with Crippen LogP contribution in [0.4, 0.5) is 0 Å². The lowest BCUT2D eigenvalue weighted by Crippen LogP contribution is -2.35. The van der Waals surface area contributed by atoms with Crippen LogP contribution in [0.25, 0.3) is 0 Å². The predicted octanol–water partition coefficient (Wildman–Crippen LogP) is 1.41. The zero-order valence-electron chi connectivity index (χ0n) is 10.0. The quantitative estimate of drug-likeness (QED) is 0.747. The van der Waals surface area contributed by atoms with Gasteiger partial charge in [0.15, 0.2) is 0 Å². The van der Waals surface area contributed by atoms with E-state index in [-0.39, 0.29) is 12.1 Å². The molecule has 0 radical (unpaired) electrons. The second-order valence-electron chi connectivity index (χ2n) is 4.37. The van der Waals surface area contributed by atoms with Crippen molar-refractivity contribution < 1.29 is 13.2 Å². The normalized spacial score (nSPS) is 21.5. The molecule has 4 nitrogen and oxygen atoms in total. The molecule has 0 saturated carbocycles. The van der Waals surface area contributed by atoms with Gasteiger partial charge in [0.05, 0.1) is 19.0 Å². The van der Waals surface area contributed by atoms with Crippen LogP contribution in [0.2, 0.25) is 0 Å². The number of ether oxygens (including phenoxy) is 1. The van der Waals surface area contributed by atoms with Gasteiger partial charge in [-0.05, 0) is 12.5 Å². The van der Waals surface area contributed by atoms with Crippen LogP contribution in [0.3, 0.4) is 0 Å². The van der Waals surface area contributed by atoms with Gasteiger partial charge >= 0.3 is 0 Å². The van der Waals surface area contributed by atoms with E-state index in [0.717, 1.165) is 5.56 Å². The first-order valence-electron chi connectivity index (χ1n) is 5.62. The Morgan fingerprint density at radius 3 is 2.47 bits per heavy atom. The Bertz CT molecular complexity index is 468. The number of hydrogen-bond donors (Lipinski definition) is 0. The Kier molecular flexibility index (Phi) is 3.51. The Morgan fingerprint density at radius 2 is 2.00 bits per heavy atom. The van der Waals surface area contributed by atoms with Gasteiger partial charge in [-0.25, -0.2) is 8.42 Å². The number of nitrogens with zero attached hydrogens (tertiary/aromatic N) is 1. The summed E-state index contributed by atoms with van der Waals surface area (Å²) in [7, 11) is -3.21. The van der Waals surface area contributed by atoms with Crippen LogP contribution in [-0.2, 0) is 14.8 Å². The molecule has 0 bridgehead atoms. The average Bonchev–Trinajstić information content (AvgIpc) is 3.08. The molecule has 1 aliphatic heterocycles. The largest absolute Gasteiger partial charge is 0.372 e. The topological polar surface area (TPSA) is 49.9 Å². The van der Waals surface area contributed by atoms with Crippen LogP contribution < -0.4 is 0 Å². The first kappa shape index (κ1) is 12.5. The van der Waals surface area contributed by atoms with Crippen molar-refractivity contribution in [1.82, 2.24) is 4.31 Å². The lowest BCUT2D eigenvalue weighted by atomic mass is 10.1. The molecule has 0 aliphatic carbocycles. The van der Waals surface area contributed by atoms with Gasteiger partial charge < -0.3 is 4.74 Å². The van der Waals surface area contributed by atoms with Gasteiger partial charge in [-0.2, -0.15) is 4.31 Å². The zero-order valence-corrected chi connectivity index (χ0v) is 10.9. The fraction of sp³-hybridized carbons (Fsp3) is 0.500. The van der Waals surface area contributed by atoms with Crippen LogP contribution in [0, 0.1) is 0 Å². The number of hydrogen-bond acceptors (Lipinski definition) is 3. The van der Waals surface area contributed by atoms with Crippen LogP contribution >= 0.6 is 0 Å². The minimum Gasteiger partial charge on any atom is -0.372 e. The molecule has 0 spiro atoms. The summed E-state index contributed by atoms with van der Waals surface area (Å²) in [5, 5.41) is 0. The van der Waals surface area contributed by atoms with Crippen LogP contribution in [0.1, 0.15) is 18.5 Å². The van der Waals surface area contributed by atoms with E-state index in [9.17, 15) is 8.42 Å². The van der Waals surface area contributed by atoms with Crippen LogP contribution in [-0.4, -0.2) is 38.2 Å². The van der Waals surface area contributed by atoms with Crippen LogP contribution in [0.5, 0.6) is 0 Å². The van der Waals surface area contributed by atoms with Crippen molar-refractivity contribution in [1.29, 1.82) is 0 Å². The Morgan fingerprint density at radius 1 is 1.41 bits per heavy atom. The molecule has 94 valence electrons. The number of rotatable bonds is 5. The Labute approximate surface area is 102 Å². The molecule has 1 aromatic rings. The second kappa shape index (κ2) is 4.76. The van der Waals surface area contributed by atoms with Crippen molar-refractivity contribution in [3.05, 3.63) is 35.9 Å². The molecular formula is C12H17NO3S. The molecule has 5 heteroatoms. The maximum atomic E-state index is 11.8. The van der Waals surface area contributed by atoms with Crippen molar-refractivity contribution in [3.63, 3.8) is 0 Å². The third-order valence-electron chi connectivity index (χ3n) is 2.93. The van der Waals surface area contributed by atoms with Gasteiger partial charge in [-0.1, -0.05) is 30.3 Å². The van der Waals surface area contributed by atoms with Gasteiger partial charge in [0.25, 0.3) is 0 Å². The molecule has 17 heavy (non-hydrogen) atoms. The molecule has 1 fully saturated rings. The highest BCUT2D eigenvalue weighted by Crippen LogP contribution is 2.25. The number of benzene rings is 1. The fourth-order valence-electron chi connectivity index (χ4n) is 1.85. The van der Waals surface area contributed by atoms with E-state index >= 15 is 0 Å². The monoisotopic (exact) mass is 255 g/mol. The Hall–Kier alpha value is -0.910. The summed E-state index contributed by atoms with van der Waals surface area (Å²) in [6, 6.07) is 9.48. The highest BCUT2D eigenvalue weighted by atomic mass is 32.2. The molecular weight excluding hydrogens is 238 g/mol. The van der Waals surface area contributed by atoms with Gasteiger partial charge in [0.2, 0.25) is 10.0 Å². The van der Waals surface area contributed by atoms with Crippen LogP contribution in [0.15, 0.2) is 30.3 Å². The summed E-state index contributed by atoms with van der Waals surface area (Å²) in [6.45, 7) is 3.00. The smallest absolute Gasteiger partial charge is 0.211 e. The zero-order chi connectivity index (χ0) is 12.5. The standard InChI is InChI=1S/C12H17NO3S/c1-10(11-6-4-3-5-7-11)13(17(2,14)15)8-12-9-16-12/h3-7,10,12H,8-9H2,1-2H3. The Balaban J connectivity index is 2.20. The molecule has 1 aromatic carbocycles. The van der Waals surface area contributed by atoms with E-state index in [1.54, 1.807) is 0 Å². The average molecular weight is 255 g/mol. The molecule has 2 unspecified atom stereocenters. The van der Waals surface area contributed by atoms with Gasteiger partial charge in [-0.3, -0.25) is 0 Å². The van der Waals surface area contributed by atoms with E-state index in [0.29, 0.717) is 13.2 Å². The highest BCUT2D eigenvalue weighted by Gasteiger charge is 2.32. The third-order valence-corrected chi connectivity index (χ3v) is 4.24. The summed E-state index contributed by atoms with van der Waals surface area (Å²) in [5.74, 6) is 0. The lowest BCUT2D eigenvalue weighted by molar-refractivity contribution is 0.297. The summed E-state index contributed by atoms with van der Waals surface area (Å²) < 4.78 is 30.2. The van der Waals surface area contributed by atoms with E-state index < -0.39 is 10.0 Å². The van der Waals surface area contributed by atoms with E-state index in [1.165, 1.54) is 10.6 Å². The number of sulfonamides is 1. The highest BCUT2D eigenvalue weighted by molar-refractivity contribution is 7.88. The first-order chi connectivity index (χ1) is 7.98. The van der Waals surface area contributed by atoms with Gasteiger partial charge in [-0.15, -0.1) is 0 Å².